The lowest BCUT2D eigenvalue weighted by Crippen LogP contribution is -2.75. The Bertz CT molecular complexity index is 1830. The highest BCUT2D eigenvalue weighted by molar-refractivity contribution is 14.1. The Morgan fingerprint density at radius 1 is 0.321 bits per heavy atom. The van der Waals surface area contributed by atoms with Crippen LogP contribution in [0.2, 0.25) is 0 Å². The van der Waals surface area contributed by atoms with Crippen molar-refractivity contribution in [3.8, 4) is 0 Å². The molecular weight excluding hydrogens is 1360 g/mol. The van der Waals surface area contributed by atoms with Crippen molar-refractivity contribution in [3.05, 3.63) is 25.3 Å². The number of alkyl halides is 42. The minimum atomic E-state index is -8.64. The minimum absolute atomic E-state index is 0.0395. The molecule has 6 nitrogen and oxygen atoms in total. The molecule has 0 aromatic rings. The normalized spacial score (nSPS) is 15.5. The molecule has 0 aliphatic rings. The van der Waals surface area contributed by atoms with Gasteiger partial charge in [0.25, 0.3) is 0 Å². The van der Waals surface area contributed by atoms with Gasteiger partial charge in [-0.2, -0.15) is 180 Å². The fourth-order valence-corrected chi connectivity index (χ4v) is 3.65. The summed E-state index contributed by atoms with van der Waals surface area (Å²) < 4.78 is 515. The molecule has 0 aromatic carbocycles. The van der Waals surface area contributed by atoms with E-state index in [-0.39, 0.29) is 35.8 Å². The van der Waals surface area contributed by atoms with Crippen molar-refractivity contribution in [2.45, 2.75) is 117 Å². The Balaban J connectivity index is -0.000000332. The van der Waals surface area contributed by atoms with Crippen molar-refractivity contribution >= 4 is 22.6 Å². The summed E-state index contributed by atoms with van der Waals surface area (Å²) in [6.07, 6.45) is -19.1. The monoisotopic (exact) mass is 1390 g/mol. The van der Waals surface area contributed by atoms with E-state index in [9.17, 15) is 180 Å². The zero-order valence-electron chi connectivity index (χ0n) is 35.4. The molecule has 0 spiro atoms. The van der Waals surface area contributed by atoms with Gasteiger partial charge in [0.2, 0.25) is 0 Å². The molecule has 1 atom stereocenters. The minimum Gasteiger partial charge on any atom is -0.395 e. The standard InChI is InChI=1S/C10H4F17IO.C9H3F17O.C5H5F7O2.2C3H6O/c11-3(12,2(28)1-29)4(13,14)5(15,16)6(17,18)7(19,20)8(21,22)9(23,24)10(25,26)27;10-2(11,1-27)3(12,13)4(14,15)5(16,17)6(18,19)7(20,21)8(22,23)9(24,25)26;6-3(7,1-14-2-13)4(8,9)5(10,11)12;2*1-2-3-4/h2,29H,1H2;27H,1H2;13H,1-2H2;2*2,4H,1,3H2. The van der Waals surface area contributed by atoms with Gasteiger partial charge in [0.1, 0.15) is 23.9 Å². The lowest BCUT2D eigenvalue weighted by Gasteiger charge is -2.43. The third-order valence-corrected chi connectivity index (χ3v) is 8.91. The van der Waals surface area contributed by atoms with Crippen molar-refractivity contribution in [1.29, 1.82) is 0 Å². The lowest BCUT2D eigenvalue weighted by atomic mass is 9.88. The van der Waals surface area contributed by atoms with E-state index in [1.165, 1.54) is 12.2 Å². The number of hydrogen-bond donors (Lipinski definition) is 5. The molecule has 0 aliphatic heterocycles. The van der Waals surface area contributed by atoms with Crippen molar-refractivity contribution in [1.82, 2.24) is 0 Å². The molecule has 5 N–H and O–H groups in total. The molecule has 0 amide bonds. The van der Waals surface area contributed by atoms with Crippen LogP contribution in [0.5, 0.6) is 0 Å². The predicted octanol–water partition coefficient (Wildman–Crippen LogP) is 12.9. The van der Waals surface area contributed by atoms with Gasteiger partial charge in [0, 0.05) is 0 Å². The van der Waals surface area contributed by atoms with Crippen LogP contribution in [0.3, 0.4) is 0 Å². The molecule has 0 fully saturated rings. The summed E-state index contributed by atoms with van der Waals surface area (Å²) in [5.74, 6) is -125. The summed E-state index contributed by atoms with van der Waals surface area (Å²) >= 11 is 0.0395. The van der Waals surface area contributed by atoms with Gasteiger partial charge in [-0.3, -0.25) is 0 Å². The topological polar surface area (TPSA) is 110 Å². The molecule has 0 bridgehead atoms. The van der Waals surface area contributed by atoms with Crippen LogP contribution in [0.15, 0.2) is 25.3 Å². The van der Waals surface area contributed by atoms with Crippen molar-refractivity contribution in [2.75, 3.05) is 39.8 Å². The van der Waals surface area contributed by atoms with Gasteiger partial charge in [0.15, 0.2) is 0 Å². The first-order valence-corrected chi connectivity index (χ1v) is 18.4. The van der Waals surface area contributed by atoms with Gasteiger partial charge in [-0.1, -0.05) is 34.7 Å². The quantitative estimate of drug-likeness (QED) is 0.0258. The second-order valence-corrected chi connectivity index (χ2v) is 14.7. The molecule has 0 aromatic heterocycles. The zero-order chi connectivity index (χ0) is 65.4. The number of rotatable bonds is 21. The molecule has 0 aliphatic carbocycles. The lowest BCUT2D eigenvalue weighted by molar-refractivity contribution is -0.462. The van der Waals surface area contributed by atoms with E-state index in [1.54, 1.807) is 0 Å². The number of halogens is 42. The molecule has 0 saturated heterocycles. The van der Waals surface area contributed by atoms with Crippen LogP contribution in [0, 0.1) is 0 Å². The third-order valence-electron chi connectivity index (χ3n) is 7.73. The Kier molecular flexibility index (Phi) is 28.1. The SMILES string of the molecule is C=CCO.C=CCO.OCC(F)(F)C(F)(F)C(F)(F)C(F)(F)C(F)(F)C(F)(F)C(F)(F)C(F)(F)F.OCC(I)C(F)(F)C(F)(F)C(F)(F)C(F)(F)C(F)(F)C(F)(F)C(F)(F)C(F)(F)F.OCOCC(F)(F)C(F)(F)C(F)(F)F. The van der Waals surface area contributed by atoms with Crippen LogP contribution < -0.4 is 0 Å². The summed E-state index contributed by atoms with van der Waals surface area (Å²) in [5.41, 5.74) is 0. The van der Waals surface area contributed by atoms with E-state index in [2.05, 4.69) is 17.9 Å². The van der Waals surface area contributed by atoms with Gasteiger partial charge < -0.3 is 30.3 Å². The average molecular weight is 1390 g/mol. The van der Waals surface area contributed by atoms with Crippen molar-refractivity contribution < 1.29 is 210 Å². The summed E-state index contributed by atoms with van der Waals surface area (Å²) in [6, 6.07) is 0. The van der Waals surface area contributed by atoms with Crippen LogP contribution in [0.4, 0.5) is 180 Å². The molecule has 78 heavy (non-hydrogen) atoms. The third kappa shape index (κ3) is 15.0. The number of hydrogen-bond acceptors (Lipinski definition) is 6. The summed E-state index contributed by atoms with van der Waals surface area (Å²) in [4.78, 5) is 0. The molecule has 0 saturated carbocycles. The van der Waals surface area contributed by atoms with Gasteiger partial charge in [-0.15, -0.1) is 13.2 Å². The second-order valence-electron chi connectivity index (χ2n) is 13.2. The first-order chi connectivity index (χ1) is 33.4. The van der Waals surface area contributed by atoms with Gasteiger partial charge in [-0.25, -0.2) is 0 Å². The fourth-order valence-electron chi connectivity index (χ4n) is 3.25. The average Bonchev–Trinajstić information content (AvgIpc) is 3.26. The van der Waals surface area contributed by atoms with Gasteiger partial charge >= 0.3 is 113 Å². The highest BCUT2D eigenvalue weighted by Crippen LogP contribution is 2.66. The molecule has 0 radical (unpaired) electrons. The largest absolute Gasteiger partial charge is 0.460 e. The van der Waals surface area contributed by atoms with Gasteiger partial charge in [-0.05, 0) is 0 Å². The van der Waals surface area contributed by atoms with E-state index in [0.717, 1.165) is 0 Å². The van der Waals surface area contributed by atoms with Gasteiger partial charge in [0.05, 0.1) is 19.8 Å². The first kappa shape index (κ1) is 83.9. The van der Waals surface area contributed by atoms with Crippen LogP contribution in [-0.2, 0) is 4.74 Å². The molecule has 0 heterocycles. The fraction of sp³-hybridized carbons (Fsp3) is 0.867. The number of ether oxygens (including phenoxy) is 1. The van der Waals surface area contributed by atoms with Crippen LogP contribution in [0.1, 0.15) is 0 Å². The summed E-state index contributed by atoms with van der Waals surface area (Å²) in [7, 11) is 0. The number of aliphatic hydroxyl groups is 5. The van der Waals surface area contributed by atoms with E-state index in [0.29, 0.717) is 0 Å². The highest BCUT2D eigenvalue weighted by Gasteiger charge is 2.97. The maximum Gasteiger partial charge on any atom is 0.460 e. The molecule has 1 unspecified atom stereocenters. The smallest absolute Gasteiger partial charge is 0.395 e. The van der Waals surface area contributed by atoms with E-state index in [1.807, 2.05) is 0 Å². The Hall–Kier alpha value is -2.90. The predicted molar refractivity (Wildman–Crippen MR) is 177 cm³/mol. The van der Waals surface area contributed by atoms with E-state index < -0.39 is 144 Å². The molecule has 0 rings (SSSR count). The molecule has 48 heteroatoms. The second kappa shape index (κ2) is 26.1. The highest BCUT2D eigenvalue weighted by atomic mass is 127. The Morgan fingerprint density at radius 2 is 0.526 bits per heavy atom. The molecule has 474 valence electrons. The number of aliphatic hydroxyl groups excluding tert-OH is 5. The van der Waals surface area contributed by atoms with Crippen molar-refractivity contribution in [2.24, 2.45) is 0 Å². The maximum absolute atomic E-state index is 13.3. The van der Waals surface area contributed by atoms with E-state index in [4.69, 9.17) is 25.5 Å². The van der Waals surface area contributed by atoms with Crippen LogP contribution in [-0.4, -0.2) is 183 Å². The summed E-state index contributed by atoms with van der Waals surface area (Å²) in [5, 5.41) is 39.3. The van der Waals surface area contributed by atoms with E-state index >= 15 is 0 Å². The van der Waals surface area contributed by atoms with Crippen LogP contribution in [0.25, 0.3) is 0 Å². The Labute approximate surface area is 415 Å². The summed E-state index contributed by atoms with van der Waals surface area (Å²) in [6.45, 7) is -2.60. The van der Waals surface area contributed by atoms with Crippen LogP contribution >= 0.6 is 22.6 Å². The molecular formula is C30H24F41IO6. The Morgan fingerprint density at radius 3 is 0.705 bits per heavy atom. The first-order valence-electron chi connectivity index (χ1n) is 17.2. The van der Waals surface area contributed by atoms with Crippen molar-refractivity contribution in [3.63, 3.8) is 0 Å². The zero-order valence-corrected chi connectivity index (χ0v) is 37.6. The maximum atomic E-state index is 13.3.